The lowest BCUT2D eigenvalue weighted by Gasteiger charge is -2.13. The van der Waals surface area contributed by atoms with Crippen LogP contribution in [0.5, 0.6) is 11.5 Å². The summed E-state index contributed by atoms with van der Waals surface area (Å²) in [6, 6.07) is 10.2. The molecule has 0 spiro atoms. The third-order valence-corrected chi connectivity index (χ3v) is 3.78. The molecule has 2 aromatic rings. The zero-order chi connectivity index (χ0) is 17.5. The molecular weight excluding hydrogens is 398 g/mol. The smallest absolute Gasteiger partial charge is 0.332 e. The lowest BCUT2D eigenvalue weighted by molar-refractivity contribution is 0.249. The van der Waals surface area contributed by atoms with Gasteiger partial charge in [0.1, 0.15) is 6.61 Å². The maximum absolute atomic E-state index is 10.6. The fourth-order valence-corrected chi connectivity index (χ4v) is 2.56. The molecule has 0 heterocycles. The molecule has 0 fully saturated rings. The number of hydrazone groups is 1. The number of halogens is 2. The van der Waals surface area contributed by atoms with Gasteiger partial charge in [-0.1, -0.05) is 23.7 Å². The summed E-state index contributed by atoms with van der Waals surface area (Å²) in [4.78, 5) is 10.6. The molecule has 3 N–H and O–H groups in total. The molecule has 0 unspecified atom stereocenters. The number of nitrogens with zero attached hydrogens (tertiary/aromatic N) is 1. The second kappa shape index (κ2) is 8.56. The Morgan fingerprint density at radius 2 is 2.08 bits per heavy atom. The summed E-state index contributed by atoms with van der Waals surface area (Å²) in [5, 5.41) is 4.38. The topological polar surface area (TPSA) is 85.9 Å². The average molecular weight is 413 g/mol. The molecule has 6 nitrogen and oxygen atoms in total. The predicted molar refractivity (Wildman–Crippen MR) is 96.8 cm³/mol. The fraction of sp³-hybridized carbons (Fsp3) is 0.125. The van der Waals surface area contributed by atoms with E-state index in [1.807, 2.05) is 12.1 Å². The van der Waals surface area contributed by atoms with Crippen LogP contribution in [0, 0.1) is 0 Å². The van der Waals surface area contributed by atoms with Crippen LogP contribution in [0.15, 0.2) is 46.0 Å². The maximum atomic E-state index is 10.6. The van der Waals surface area contributed by atoms with Crippen molar-refractivity contribution in [3.05, 3.63) is 57.0 Å². The molecule has 0 atom stereocenters. The Bertz CT molecular complexity index is 751. The Balaban J connectivity index is 2.15. The molecule has 8 heteroatoms. The second-order valence-corrected chi connectivity index (χ2v) is 5.97. The highest BCUT2D eigenvalue weighted by Gasteiger charge is 2.11. The fourth-order valence-electron chi connectivity index (χ4n) is 1.86. The molecule has 24 heavy (non-hydrogen) atoms. The van der Waals surface area contributed by atoms with Crippen LogP contribution in [0.3, 0.4) is 0 Å². The highest BCUT2D eigenvalue weighted by Crippen LogP contribution is 2.36. The van der Waals surface area contributed by atoms with Crippen LogP contribution in [0.4, 0.5) is 4.79 Å². The Kier molecular flexibility index (Phi) is 6.45. The van der Waals surface area contributed by atoms with Crippen LogP contribution in [-0.4, -0.2) is 19.4 Å². The van der Waals surface area contributed by atoms with E-state index in [0.717, 1.165) is 5.56 Å². The summed E-state index contributed by atoms with van der Waals surface area (Å²) < 4.78 is 11.9. The highest BCUT2D eigenvalue weighted by molar-refractivity contribution is 9.10. The number of rotatable bonds is 6. The zero-order valence-electron chi connectivity index (χ0n) is 12.8. The summed E-state index contributed by atoms with van der Waals surface area (Å²) in [5.74, 6) is 1.09. The summed E-state index contributed by atoms with van der Waals surface area (Å²) in [7, 11) is 1.54. The van der Waals surface area contributed by atoms with Crippen LogP contribution >= 0.6 is 27.5 Å². The van der Waals surface area contributed by atoms with Crippen LogP contribution in [0.25, 0.3) is 0 Å². The molecule has 126 valence electrons. The molecular formula is C16H15BrClN3O3. The number of nitrogens with two attached hydrogens (primary N) is 1. The number of ether oxygens (including phenoxy) is 2. The molecule has 2 rings (SSSR count). The minimum Gasteiger partial charge on any atom is -0.493 e. The molecule has 2 aromatic carbocycles. The Morgan fingerprint density at radius 3 is 2.71 bits per heavy atom. The molecule has 0 radical (unpaired) electrons. The number of benzene rings is 2. The maximum Gasteiger partial charge on any atom is 0.332 e. The van der Waals surface area contributed by atoms with Gasteiger partial charge in [-0.2, -0.15) is 5.10 Å². The van der Waals surface area contributed by atoms with Gasteiger partial charge in [-0.05, 0) is 51.3 Å². The van der Waals surface area contributed by atoms with E-state index in [9.17, 15) is 4.79 Å². The molecule has 0 bridgehead atoms. The van der Waals surface area contributed by atoms with E-state index < -0.39 is 6.03 Å². The quantitative estimate of drug-likeness (QED) is 0.560. The van der Waals surface area contributed by atoms with Gasteiger partial charge in [0.05, 0.1) is 17.8 Å². The first-order chi connectivity index (χ1) is 11.5. The van der Waals surface area contributed by atoms with Gasteiger partial charge >= 0.3 is 6.03 Å². The van der Waals surface area contributed by atoms with Gasteiger partial charge in [0.15, 0.2) is 11.5 Å². The number of nitrogens with one attached hydrogen (secondary N) is 1. The van der Waals surface area contributed by atoms with Crippen LogP contribution in [0.1, 0.15) is 11.1 Å². The first-order valence-corrected chi connectivity index (χ1v) is 8.00. The minimum atomic E-state index is -0.736. The van der Waals surface area contributed by atoms with Crippen molar-refractivity contribution >= 4 is 39.8 Å². The van der Waals surface area contributed by atoms with Gasteiger partial charge in [-0.3, -0.25) is 0 Å². The Hall–Kier alpha value is -2.25. The van der Waals surface area contributed by atoms with Crippen molar-refractivity contribution in [2.24, 2.45) is 10.8 Å². The molecule has 2 amide bonds. The van der Waals surface area contributed by atoms with Crippen molar-refractivity contribution in [3.63, 3.8) is 0 Å². The number of carbonyl (C=O) groups is 1. The summed E-state index contributed by atoms with van der Waals surface area (Å²) in [6.07, 6.45) is 1.45. The van der Waals surface area contributed by atoms with Crippen molar-refractivity contribution in [3.8, 4) is 11.5 Å². The van der Waals surface area contributed by atoms with Gasteiger partial charge in [0.2, 0.25) is 0 Å². The van der Waals surface area contributed by atoms with E-state index in [0.29, 0.717) is 33.2 Å². The average Bonchev–Trinajstić information content (AvgIpc) is 2.54. The number of amides is 2. The minimum absolute atomic E-state index is 0.364. The first kappa shape index (κ1) is 18.1. The number of methoxy groups -OCH3 is 1. The Labute approximate surface area is 152 Å². The molecule has 0 saturated carbocycles. The summed E-state index contributed by atoms with van der Waals surface area (Å²) in [5.41, 5.74) is 8.75. The SMILES string of the molecule is COc1cc(/C=N/NC(N)=O)cc(Br)c1OCc1ccc(Cl)cc1. The summed E-state index contributed by atoms with van der Waals surface area (Å²) >= 11 is 9.31. The van der Waals surface area contributed by atoms with Gasteiger partial charge < -0.3 is 15.2 Å². The number of hydrogen-bond acceptors (Lipinski definition) is 4. The number of primary amides is 1. The van der Waals surface area contributed by atoms with E-state index >= 15 is 0 Å². The number of urea groups is 1. The second-order valence-electron chi connectivity index (χ2n) is 4.68. The van der Waals surface area contributed by atoms with E-state index in [1.165, 1.54) is 6.21 Å². The molecule has 0 aliphatic carbocycles. The molecule has 0 aliphatic heterocycles. The van der Waals surface area contributed by atoms with Crippen molar-refractivity contribution in [1.29, 1.82) is 0 Å². The first-order valence-electron chi connectivity index (χ1n) is 6.83. The molecule has 0 aliphatic rings. The number of carbonyl (C=O) groups excluding carboxylic acids is 1. The van der Waals surface area contributed by atoms with Gasteiger partial charge in [0.25, 0.3) is 0 Å². The van der Waals surface area contributed by atoms with E-state index in [2.05, 4.69) is 26.5 Å². The third-order valence-electron chi connectivity index (χ3n) is 2.94. The molecule has 0 saturated heterocycles. The van der Waals surface area contributed by atoms with E-state index in [4.69, 9.17) is 26.8 Å². The Morgan fingerprint density at radius 1 is 1.38 bits per heavy atom. The largest absolute Gasteiger partial charge is 0.493 e. The van der Waals surface area contributed by atoms with Crippen molar-refractivity contribution in [2.75, 3.05) is 7.11 Å². The van der Waals surface area contributed by atoms with Crippen molar-refractivity contribution in [2.45, 2.75) is 6.61 Å². The van der Waals surface area contributed by atoms with Crippen LogP contribution < -0.4 is 20.6 Å². The van der Waals surface area contributed by atoms with Gasteiger partial charge in [-0.15, -0.1) is 0 Å². The lowest BCUT2D eigenvalue weighted by Crippen LogP contribution is -2.24. The van der Waals surface area contributed by atoms with Crippen LogP contribution in [-0.2, 0) is 6.61 Å². The predicted octanol–water partition coefficient (Wildman–Crippen LogP) is 3.69. The highest BCUT2D eigenvalue weighted by atomic mass is 79.9. The van der Waals surface area contributed by atoms with Crippen LogP contribution in [0.2, 0.25) is 5.02 Å². The standard InChI is InChI=1S/C16H15BrClN3O3/c1-23-14-7-11(8-20-21-16(19)22)6-13(17)15(14)24-9-10-2-4-12(18)5-3-10/h2-8H,9H2,1H3,(H3,19,21,22)/b20-8+. The van der Waals surface area contributed by atoms with Crippen molar-refractivity contribution in [1.82, 2.24) is 5.43 Å². The normalized spacial score (nSPS) is 10.6. The number of hydrogen-bond donors (Lipinski definition) is 2. The van der Waals surface area contributed by atoms with Gasteiger partial charge in [-0.25, -0.2) is 10.2 Å². The molecule has 0 aromatic heterocycles. The monoisotopic (exact) mass is 411 g/mol. The zero-order valence-corrected chi connectivity index (χ0v) is 15.1. The van der Waals surface area contributed by atoms with Crippen molar-refractivity contribution < 1.29 is 14.3 Å². The van der Waals surface area contributed by atoms with E-state index in [-0.39, 0.29) is 0 Å². The summed E-state index contributed by atoms with van der Waals surface area (Å²) in [6.45, 7) is 0.364. The van der Waals surface area contributed by atoms with E-state index in [1.54, 1.807) is 31.4 Å². The third kappa shape index (κ3) is 5.14. The lowest BCUT2D eigenvalue weighted by atomic mass is 10.2. The van der Waals surface area contributed by atoms with Gasteiger partial charge in [0, 0.05) is 5.02 Å².